The second-order valence-corrected chi connectivity index (χ2v) is 6.85. The molecule has 0 aliphatic carbocycles. The van der Waals surface area contributed by atoms with Gasteiger partial charge in [0.05, 0.1) is 10.6 Å². The summed E-state index contributed by atoms with van der Waals surface area (Å²) in [5.41, 5.74) is 1.16. The fourth-order valence-corrected chi connectivity index (χ4v) is 3.16. The lowest BCUT2D eigenvalue weighted by atomic mass is 10.3. The minimum atomic E-state index is -0.288. The highest BCUT2D eigenvalue weighted by Crippen LogP contribution is 2.24. The second-order valence-electron chi connectivity index (χ2n) is 5.90. The van der Waals surface area contributed by atoms with E-state index in [1.54, 1.807) is 16.8 Å². The van der Waals surface area contributed by atoms with Crippen molar-refractivity contribution in [3.05, 3.63) is 59.6 Å². The SMILES string of the molecule is Cc1ccn(-c2cc(NCCNC(=O)c3cc(-c4cccs4)on3)ncn2)n1. The Bertz CT molecular complexity index is 1070. The maximum atomic E-state index is 12.2. The van der Waals surface area contributed by atoms with E-state index in [4.69, 9.17) is 4.52 Å². The van der Waals surface area contributed by atoms with Crippen LogP contribution in [0.25, 0.3) is 16.5 Å². The third-order valence-corrected chi connectivity index (χ3v) is 4.72. The Hall–Kier alpha value is -3.53. The van der Waals surface area contributed by atoms with E-state index in [2.05, 4.69) is 30.9 Å². The van der Waals surface area contributed by atoms with Crippen LogP contribution in [0.3, 0.4) is 0 Å². The van der Waals surface area contributed by atoms with Gasteiger partial charge in [-0.2, -0.15) is 5.10 Å². The van der Waals surface area contributed by atoms with Crippen molar-refractivity contribution in [2.45, 2.75) is 6.92 Å². The van der Waals surface area contributed by atoms with E-state index in [-0.39, 0.29) is 11.6 Å². The molecule has 4 heterocycles. The van der Waals surface area contributed by atoms with Gasteiger partial charge in [0.1, 0.15) is 12.1 Å². The predicted octanol–water partition coefficient (Wildman–Crippen LogP) is 2.53. The van der Waals surface area contributed by atoms with Crippen LogP contribution in [0.4, 0.5) is 5.82 Å². The van der Waals surface area contributed by atoms with Gasteiger partial charge in [0, 0.05) is 31.4 Å². The smallest absolute Gasteiger partial charge is 0.273 e. The van der Waals surface area contributed by atoms with Crippen molar-refractivity contribution in [2.24, 2.45) is 0 Å². The monoisotopic (exact) mass is 395 g/mol. The largest absolute Gasteiger partial charge is 0.368 e. The standard InChI is InChI=1S/C18H17N7O2S/c1-12-4-7-25(23-12)17-10-16(21-11-22-17)19-5-6-20-18(26)13-9-14(27-24-13)15-3-2-8-28-15/h2-4,7-11H,5-6H2,1H3,(H,20,26)(H,19,21,22). The van der Waals surface area contributed by atoms with Crippen molar-refractivity contribution < 1.29 is 9.32 Å². The number of hydrogen-bond donors (Lipinski definition) is 2. The van der Waals surface area contributed by atoms with Gasteiger partial charge in [0.2, 0.25) is 0 Å². The van der Waals surface area contributed by atoms with Gasteiger partial charge in [0.25, 0.3) is 5.91 Å². The number of aromatic nitrogens is 5. The van der Waals surface area contributed by atoms with Gasteiger partial charge in [-0.3, -0.25) is 4.79 Å². The zero-order valence-corrected chi connectivity index (χ0v) is 15.8. The summed E-state index contributed by atoms with van der Waals surface area (Å²) in [7, 11) is 0. The van der Waals surface area contributed by atoms with Crippen molar-refractivity contribution >= 4 is 23.1 Å². The fraction of sp³-hybridized carbons (Fsp3) is 0.167. The Morgan fingerprint density at radius 2 is 2.18 bits per heavy atom. The van der Waals surface area contributed by atoms with Gasteiger partial charge in [-0.05, 0) is 24.4 Å². The third kappa shape index (κ3) is 4.07. The van der Waals surface area contributed by atoms with Crippen LogP contribution in [0.15, 0.2) is 52.8 Å². The molecule has 1 amide bonds. The molecule has 0 atom stereocenters. The molecule has 0 unspecified atom stereocenters. The van der Waals surface area contributed by atoms with Crippen LogP contribution in [-0.4, -0.2) is 43.9 Å². The predicted molar refractivity (Wildman–Crippen MR) is 105 cm³/mol. The molecule has 0 bridgehead atoms. The summed E-state index contributed by atoms with van der Waals surface area (Å²) < 4.78 is 6.90. The number of aryl methyl sites for hydroxylation is 1. The lowest BCUT2D eigenvalue weighted by molar-refractivity contribution is 0.0946. The highest BCUT2D eigenvalue weighted by atomic mass is 32.1. The number of carbonyl (C=O) groups is 1. The number of amides is 1. The topological polar surface area (TPSA) is 111 Å². The van der Waals surface area contributed by atoms with Crippen LogP contribution >= 0.6 is 11.3 Å². The van der Waals surface area contributed by atoms with Gasteiger partial charge in [0.15, 0.2) is 17.3 Å². The summed E-state index contributed by atoms with van der Waals surface area (Å²) in [4.78, 5) is 21.5. The number of thiophene rings is 1. The zero-order chi connectivity index (χ0) is 19.3. The molecule has 4 aromatic heterocycles. The summed E-state index contributed by atoms with van der Waals surface area (Å²) in [5, 5.41) is 16.0. The number of anilines is 1. The van der Waals surface area contributed by atoms with Gasteiger partial charge < -0.3 is 15.2 Å². The second kappa shape index (κ2) is 8.01. The highest BCUT2D eigenvalue weighted by molar-refractivity contribution is 7.13. The quantitative estimate of drug-likeness (QED) is 0.463. The maximum Gasteiger partial charge on any atom is 0.273 e. The molecule has 0 spiro atoms. The van der Waals surface area contributed by atoms with E-state index in [0.29, 0.717) is 30.5 Å². The summed E-state index contributed by atoms with van der Waals surface area (Å²) in [5.74, 6) is 1.61. The zero-order valence-electron chi connectivity index (χ0n) is 15.0. The Morgan fingerprint density at radius 3 is 2.96 bits per heavy atom. The molecule has 0 aromatic carbocycles. The van der Waals surface area contributed by atoms with Crippen molar-refractivity contribution in [2.75, 3.05) is 18.4 Å². The molecule has 4 rings (SSSR count). The highest BCUT2D eigenvalue weighted by Gasteiger charge is 2.13. The lowest BCUT2D eigenvalue weighted by Gasteiger charge is -2.07. The molecule has 28 heavy (non-hydrogen) atoms. The van der Waals surface area contributed by atoms with Crippen molar-refractivity contribution in [3.63, 3.8) is 0 Å². The molecule has 4 aromatic rings. The molecule has 0 saturated heterocycles. The first-order valence-corrected chi connectivity index (χ1v) is 9.44. The maximum absolute atomic E-state index is 12.2. The summed E-state index contributed by atoms with van der Waals surface area (Å²) in [6, 6.07) is 9.16. The number of nitrogens with zero attached hydrogens (tertiary/aromatic N) is 5. The minimum absolute atomic E-state index is 0.252. The van der Waals surface area contributed by atoms with Crippen molar-refractivity contribution in [1.29, 1.82) is 0 Å². The van der Waals surface area contributed by atoms with E-state index in [0.717, 1.165) is 10.6 Å². The van der Waals surface area contributed by atoms with E-state index in [1.165, 1.54) is 17.7 Å². The minimum Gasteiger partial charge on any atom is -0.368 e. The third-order valence-electron chi connectivity index (χ3n) is 3.83. The number of nitrogens with one attached hydrogen (secondary N) is 2. The van der Waals surface area contributed by atoms with E-state index < -0.39 is 0 Å². The van der Waals surface area contributed by atoms with E-state index in [9.17, 15) is 4.79 Å². The molecule has 0 fully saturated rings. The summed E-state index contributed by atoms with van der Waals surface area (Å²) in [6.07, 6.45) is 3.30. The van der Waals surface area contributed by atoms with Gasteiger partial charge in [-0.1, -0.05) is 11.2 Å². The molecular weight excluding hydrogens is 378 g/mol. The number of carbonyl (C=O) groups excluding carboxylic acids is 1. The van der Waals surface area contributed by atoms with Crippen LogP contribution < -0.4 is 10.6 Å². The molecule has 142 valence electrons. The summed E-state index contributed by atoms with van der Waals surface area (Å²) >= 11 is 1.53. The van der Waals surface area contributed by atoms with Crippen LogP contribution in [0.5, 0.6) is 0 Å². The van der Waals surface area contributed by atoms with Gasteiger partial charge >= 0.3 is 0 Å². The first-order chi connectivity index (χ1) is 13.7. The fourth-order valence-electron chi connectivity index (χ4n) is 2.49. The molecule has 0 aliphatic rings. The molecule has 0 radical (unpaired) electrons. The number of rotatable bonds is 7. The Kier molecular flexibility index (Phi) is 5.11. The number of hydrogen-bond acceptors (Lipinski definition) is 8. The first kappa shape index (κ1) is 17.9. The van der Waals surface area contributed by atoms with Gasteiger partial charge in [-0.15, -0.1) is 11.3 Å². The summed E-state index contributed by atoms with van der Waals surface area (Å²) in [6.45, 7) is 2.81. The Morgan fingerprint density at radius 1 is 1.25 bits per heavy atom. The Labute approximate surface area is 164 Å². The molecule has 2 N–H and O–H groups in total. The van der Waals surface area contributed by atoms with E-state index in [1.807, 2.05) is 36.7 Å². The molecule has 9 nitrogen and oxygen atoms in total. The van der Waals surface area contributed by atoms with E-state index >= 15 is 0 Å². The average molecular weight is 395 g/mol. The van der Waals surface area contributed by atoms with Crippen LogP contribution in [0.2, 0.25) is 0 Å². The van der Waals surface area contributed by atoms with Crippen molar-refractivity contribution in [1.82, 2.24) is 30.2 Å². The average Bonchev–Trinajstić information content (AvgIpc) is 3.46. The van der Waals surface area contributed by atoms with Gasteiger partial charge in [-0.25, -0.2) is 14.6 Å². The van der Waals surface area contributed by atoms with Crippen LogP contribution in [-0.2, 0) is 0 Å². The molecular formula is C18H17N7O2S. The van der Waals surface area contributed by atoms with Crippen molar-refractivity contribution in [3.8, 4) is 16.5 Å². The lowest BCUT2D eigenvalue weighted by Crippen LogP contribution is -2.29. The Balaban J connectivity index is 1.28. The normalized spacial score (nSPS) is 10.8. The molecule has 10 heteroatoms. The van der Waals surface area contributed by atoms with Crippen LogP contribution in [0, 0.1) is 6.92 Å². The van der Waals surface area contributed by atoms with Crippen LogP contribution in [0.1, 0.15) is 16.2 Å². The molecule has 0 saturated carbocycles. The molecule has 0 aliphatic heterocycles. The first-order valence-electron chi connectivity index (χ1n) is 8.56.